The van der Waals surface area contributed by atoms with Crippen molar-refractivity contribution in [1.29, 1.82) is 0 Å². The highest BCUT2D eigenvalue weighted by Gasteiger charge is 2.30. The molecule has 0 bridgehead atoms. The molecule has 2 fully saturated rings. The zero-order chi connectivity index (χ0) is 10.7. The summed E-state index contributed by atoms with van der Waals surface area (Å²) in [5, 5.41) is 5.84. The molecule has 84 valence electrons. The van der Waals surface area contributed by atoms with Crippen molar-refractivity contribution in [2.75, 3.05) is 19.7 Å². The molecule has 3 N–H and O–H groups in total. The van der Waals surface area contributed by atoms with Gasteiger partial charge in [-0.25, -0.2) is 5.48 Å². The van der Waals surface area contributed by atoms with Gasteiger partial charge in [0.15, 0.2) is 0 Å². The average molecular weight is 213 g/mol. The highest BCUT2D eigenvalue weighted by Crippen LogP contribution is 2.10. The van der Waals surface area contributed by atoms with Crippen molar-refractivity contribution in [3.8, 4) is 0 Å². The third-order valence-electron chi connectivity index (χ3n) is 2.72. The van der Waals surface area contributed by atoms with Gasteiger partial charge >= 0.3 is 0 Å². The molecular weight excluding hydrogens is 198 g/mol. The van der Waals surface area contributed by atoms with Gasteiger partial charge in [-0.15, -0.1) is 0 Å². The summed E-state index contributed by atoms with van der Waals surface area (Å²) < 4.78 is 0. The Hall–Kier alpha value is -1.14. The molecule has 2 heterocycles. The molecule has 0 aromatic rings. The van der Waals surface area contributed by atoms with Gasteiger partial charge < -0.3 is 10.6 Å². The first-order valence-electron chi connectivity index (χ1n) is 5.20. The van der Waals surface area contributed by atoms with Crippen molar-refractivity contribution < 1.29 is 14.4 Å². The molecule has 0 aromatic heterocycles. The SMILES string of the molecule is O=C(N[C@@H]1CONC1=O)C1CCCNC1. The number of nitrogens with one attached hydrogen (secondary N) is 3. The second-order valence-corrected chi connectivity index (χ2v) is 3.88. The van der Waals surface area contributed by atoms with E-state index >= 15 is 0 Å². The van der Waals surface area contributed by atoms with Crippen LogP contribution in [0.1, 0.15) is 12.8 Å². The van der Waals surface area contributed by atoms with Gasteiger partial charge in [-0.05, 0) is 19.4 Å². The lowest BCUT2D eigenvalue weighted by atomic mass is 9.98. The molecule has 6 heteroatoms. The minimum atomic E-state index is -0.528. The molecule has 0 radical (unpaired) electrons. The average Bonchev–Trinajstić information content (AvgIpc) is 2.66. The summed E-state index contributed by atoms with van der Waals surface area (Å²) in [5.41, 5.74) is 2.21. The van der Waals surface area contributed by atoms with Crippen molar-refractivity contribution in [2.45, 2.75) is 18.9 Å². The maximum Gasteiger partial charge on any atom is 0.268 e. The Morgan fingerprint density at radius 1 is 1.53 bits per heavy atom. The molecule has 2 aliphatic heterocycles. The third kappa shape index (κ3) is 2.45. The second-order valence-electron chi connectivity index (χ2n) is 3.88. The van der Waals surface area contributed by atoms with Crippen LogP contribution in [0.2, 0.25) is 0 Å². The van der Waals surface area contributed by atoms with Crippen LogP contribution in [0.25, 0.3) is 0 Å². The molecule has 2 saturated heterocycles. The quantitative estimate of drug-likeness (QED) is 0.523. The number of carbonyl (C=O) groups is 2. The van der Waals surface area contributed by atoms with Crippen molar-refractivity contribution in [1.82, 2.24) is 16.1 Å². The van der Waals surface area contributed by atoms with E-state index < -0.39 is 6.04 Å². The van der Waals surface area contributed by atoms with Gasteiger partial charge in [-0.2, -0.15) is 0 Å². The van der Waals surface area contributed by atoms with Gasteiger partial charge in [-0.3, -0.25) is 14.4 Å². The number of rotatable bonds is 2. The zero-order valence-electron chi connectivity index (χ0n) is 8.41. The summed E-state index contributed by atoms with van der Waals surface area (Å²) in [7, 11) is 0. The van der Waals surface area contributed by atoms with Gasteiger partial charge in [0, 0.05) is 6.54 Å². The van der Waals surface area contributed by atoms with Crippen molar-refractivity contribution in [3.63, 3.8) is 0 Å². The molecule has 2 atom stereocenters. The van der Waals surface area contributed by atoms with E-state index in [4.69, 9.17) is 4.84 Å². The Labute approximate surface area is 87.7 Å². The first-order chi connectivity index (χ1) is 7.27. The summed E-state index contributed by atoms with van der Waals surface area (Å²) in [6.45, 7) is 1.88. The largest absolute Gasteiger partial charge is 0.342 e. The molecule has 2 rings (SSSR count). The van der Waals surface area contributed by atoms with Crippen molar-refractivity contribution in [2.24, 2.45) is 5.92 Å². The highest BCUT2D eigenvalue weighted by atomic mass is 16.7. The lowest BCUT2D eigenvalue weighted by Gasteiger charge is -2.22. The van der Waals surface area contributed by atoms with Crippen molar-refractivity contribution >= 4 is 11.8 Å². The Morgan fingerprint density at radius 3 is 3.00 bits per heavy atom. The van der Waals surface area contributed by atoms with E-state index in [9.17, 15) is 9.59 Å². The molecule has 0 aromatic carbocycles. The van der Waals surface area contributed by atoms with Gasteiger partial charge in [0.1, 0.15) is 12.6 Å². The fourth-order valence-electron chi connectivity index (χ4n) is 1.82. The third-order valence-corrected chi connectivity index (χ3v) is 2.72. The fourth-order valence-corrected chi connectivity index (χ4v) is 1.82. The molecule has 1 unspecified atom stereocenters. The molecule has 15 heavy (non-hydrogen) atoms. The number of piperidine rings is 1. The summed E-state index contributed by atoms with van der Waals surface area (Å²) >= 11 is 0. The lowest BCUT2D eigenvalue weighted by molar-refractivity contribution is -0.130. The maximum atomic E-state index is 11.7. The van der Waals surface area contributed by atoms with Gasteiger partial charge in [0.25, 0.3) is 5.91 Å². The molecular formula is C9H15N3O3. The van der Waals surface area contributed by atoms with E-state index in [1.807, 2.05) is 0 Å². The predicted molar refractivity (Wildman–Crippen MR) is 51.6 cm³/mol. The van der Waals surface area contributed by atoms with E-state index in [-0.39, 0.29) is 24.3 Å². The number of hydrogen-bond donors (Lipinski definition) is 3. The molecule has 6 nitrogen and oxygen atoms in total. The molecule has 2 amide bonds. The first kappa shape index (κ1) is 10.4. The Bertz CT molecular complexity index is 263. The minimum absolute atomic E-state index is 0.0212. The summed E-state index contributed by atoms with van der Waals surface area (Å²) in [6, 6.07) is -0.528. The van der Waals surface area contributed by atoms with E-state index in [0.717, 1.165) is 19.4 Å². The van der Waals surface area contributed by atoms with Crippen LogP contribution in [0.5, 0.6) is 0 Å². The van der Waals surface area contributed by atoms with Crippen LogP contribution in [0, 0.1) is 5.92 Å². The van der Waals surface area contributed by atoms with Crippen LogP contribution in [-0.4, -0.2) is 37.6 Å². The summed E-state index contributed by atoms with van der Waals surface area (Å²) in [5.74, 6) is -0.355. The molecule has 0 saturated carbocycles. The lowest BCUT2D eigenvalue weighted by Crippen LogP contribution is -2.47. The van der Waals surface area contributed by atoms with Crippen LogP contribution in [0.15, 0.2) is 0 Å². The van der Waals surface area contributed by atoms with Gasteiger partial charge in [-0.1, -0.05) is 0 Å². The summed E-state index contributed by atoms with van der Waals surface area (Å²) in [6.07, 6.45) is 1.89. The van der Waals surface area contributed by atoms with E-state index in [2.05, 4.69) is 16.1 Å². The van der Waals surface area contributed by atoms with E-state index in [0.29, 0.717) is 6.54 Å². The number of hydroxylamine groups is 1. The van der Waals surface area contributed by atoms with Crippen LogP contribution < -0.4 is 16.1 Å². The monoisotopic (exact) mass is 213 g/mol. The van der Waals surface area contributed by atoms with Gasteiger partial charge in [0.05, 0.1) is 5.92 Å². The summed E-state index contributed by atoms with van der Waals surface area (Å²) in [4.78, 5) is 27.6. The topological polar surface area (TPSA) is 79.5 Å². The Kier molecular flexibility index (Phi) is 3.17. The first-order valence-corrected chi connectivity index (χ1v) is 5.20. The Morgan fingerprint density at radius 2 is 2.40 bits per heavy atom. The molecule has 0 aliphatic carbocycles. The number of amides is 2. The molecule has 2 aliphatic rings. The standard InChI is InChI=1S/C9H15N3O3/c13-8(6-2-1-3-10-4-6)11-7-5-15-12-9(7)14/h6-7,10H,1-5H2,(H,11,13)(H,12,14)/t6?,7-/m1/s1. The van der Waals surface area contributed by atoms with E-state index in [1.165, 1.54) is 0 Å². The Balaban J connectivity index is 1.82. The normalized spacial score (nSPS) is 31.1. The maximum absolute atomic E-state index is 11.7. The van der Waals surface area contributed by atoms with Crippen molar-refractivity contribution in [3.05, 3.63) is 0 Å². The smallest absolute Gasteiger partial charge is 0.268 e. The molecule has 0 spiro atoms. The van der Waals surface area contributed by atoms with Gasteiger partial charge in [0.2, 0.25) is 5.91 Å². The van der Waals surface area contributed by atoms with E-state index in [1.54, 1.807) is 0 Å². The zero-order valence-corrected chi connectivity index (χ0v) is 8.41. The number of carbonyl (C=O) groups excluding carboxylic acids is 2. The van der Waals surface area contributed by atoms with Crippen LogP contribution in [-0.2, 0) is 14.4 Å². The fraction of sp³-hybridized carbons (Fsp3) is 0.778. The van der Waals surface area contributed by atoms with Crippen LogP contribution in [0.3, 0.4) is 0 Å². The van der Waals surface area contributed by atoms with Crippen LogP contribution in [0.4, 0.5) is 0 Å². The second kappa shape index (κ2) is 4.59. The highest BCUT2D eigenvalue weighted by molar-refractivity contribution is 5.89. The number of hydrogen-bond acceptors (Lipinski definition) is 4. The minimum Gasteiger partial charge on any atom is -0.342 e. The van der Waals surface area contributed by atoms with Crippen LogP contribution >= 0.6 is 0 Å². The predicted octanol–water partition coefficient (Wildman–Crippen LogP) is -1.47.